The van der Waals surface area contributed by atoms with Crippen LogP contribution >= 0.6 is 11.8 Å². The molecular weight excluding hydrogens is 1420 g/mol. The van der Waals surface area contributed by atoms with Gasteiger partial charge >= 0.3 is 5.97 Å². The molecule has 37 heteroatoms. The second kappa shape index (κ2) is 48.3. The highest BCUT2D eigenvalue weighted by Gasteiger charge is 2.43. The fourth-order valence-electron chi connectivity index (χ4n) is 12.3. The van der Waals surface area contributed by atoms with Crippen molar-refractivity contribution >= 4 is 106 Å². The number of carbonyl (C=O) groups excluding carboxylic acids is 14. The largest absolute Gasteiger partial charge is 0.480 e. The van der Waals surface area contributed by atoms with Gasteiger partial charge in [-0.15, -0.1) is 0 Å². The van der Waals surface area contributed by atoms with Crippen molar-refractivity contribution in [1.29, 1.82) is 0 Å². The first kappa shape index (κ1) is 90.4. The lowest BCUT2D eigenvalue weighted by molar-refractivity contribution is -0.144. The van der Waals surface area contributed by atoms with E-state index in [2.05, 4.69) is 58.2 Å². The molecule has 2 aliphatic rings. The van der Waals surface area contributed by atoms with Crippen molar-refractivity contribution in [3.8, 4) is 0 Å². The minimum Gasteiger partial charge on any atom is -0.480 e. The van der Waals surface area contributed by atoms with Crippen LogP contribution in [0.4, 0.5) is 0 Å². The molecule has 2 fully saturated rings. The number of nitrogens with one attached hydrogen (secondary N) is 10. The topological polar surface area (TPSA) is 598 Å². The minimum atomic E-state index is -1.68. The second-order valence-electron chi connectivity index (χ2n) is 27.2. The number of rotatable bonds is 50. The van der Waals surface area contributed by atoms with E-state index >= 15 is 0 Å². The number of thioether (sulfide) groups is 1. The van der Waals surface area contributed by atoms with E-state index < -0.39 is 194 Å². The molecule has 25 N–H and O–H groups in total. The summed E-state index contributed by atoms with van der Waals surface area (Å²) >= 11 is 1.37. The number of aliphatic carboxylic acids is 1. The smallest absolute Gasteiger partial charge is 0.326 e. The average molecular weight is 1530 g/mol. The predicted octanol–water partition coefficient (Wildman–Crippen LogP) is -4.38. The average Bonchev–Trinajstić information content (AvgIpc) is 1.64. The first-order chi connectivity index (χ1) is 51.5. The van der Waals surface area contributed by atoms with Gasteiger partial charge in [0.15, 0.2) is 5.96 Å². The molecule has 2 aliphatic heterocycles. The number of likely N-dealkylation sites (tertiary alicyclic amines) is 2. The van der Waals surface area contributed by atoms with E-state index in [9.17, 15) is 77.0 Å². The Hall–Kier alpha value is -10.0. The maximum atomic E-state index is 14.8. The van der Waals surface area contributed by atoms with E-state index in [1.54, 1.807) is 80.8 Å². The van der Waals surface area contributed by atoms with Crippen molar-refractivity contribution in [2.45, 2.75) is 209 Å². The van der Waals surface area contributed by atoms with Crippen LogP contribution < -0.4 is 93.3 Å². The van der Waals surface area contributed by atoms with E-state index in [1.165, 1.54) is 21.6 Å². The van der Waals surface area contributed by atoms with Crippen LogP contribution in [0.5, 0.6) is 0 Å². The van der Waals surface area contributed by atoms with E-state index in [-0.39, 0.29) is 95.8 Å². The number of benzene rings is 2. The lowest BCUT2D eigenvalue weighted by Gasteiger charge is -2.32. The quantitative estimate of drug-likeness (QED) is 0.0169. The van der Waals surface area contributed by atoms with Crippen LogP contribution in [0.15, 0.2) is 65.7 Å². The lowest BCUT2D eigenvalue weighted by Crippen LogP contribution is -2.60. The van der Waals surface area contributed by atoms with Crippen molar-refractivity contribution in [1.82, 2.24) is 63.0 Å². The Labute approximate surface area is 633 Å². The molecular formula is C71H112N20O16S. The standard InChI is InChI=1S/C71H112N20O16S/c1-42(2)37-51(64(100)85-48(30-36-108-3)60(96)80-40-58(94)82-50(70(106)107)23-11-13-32-73)83-59(95)41-81-61(97)52(38-43-17-6-4-7-18-43)88-65(101)53(39-44-19-8-5-9-20-44)89-63(99)46(26-28-56(75)92)84-62(98)47(27-29-57(76)93)86-66(102)55-25-16-35-91(55)69(105)49(22-10-12-31-72)87-67(103)54-24-15-34-90(54)68(104)45(74)21-14-33-79-71(77)78/h4-9,17-20,42,45-55H,10-16,21-41,72-74H2,1-3H3,(H2,75,92)(H2,76,93)(H,80,96)(H,81,97)(H,82,94)(H,83,95)(H,84,98)(H,85,100)(H,86,102)(H,87,103)(H,88,101)(H,89,99)(H,106,107)(H4,77,78,79). The van der Waals surface area contributed by atoms with Crippen LogP contribution in [0.3, 0.4) is 0 Å². The van der Waals surface area contributed by atoms with E-state index in [0.717, 1.165) is 0 Å². The summed E-state index contributed by atoms with van der Waals surface area (Å²) in [5.74, 6) is -12.5. The van der Waals surface area contributed by atoms with E-state index in [4.69, 9.17) is 40.1 Å². The molecule has 2 heterocycles. The molecule has 2 aromatic carbocycles. The zero-order valence-corrected chi connectivity index (χ0v) is 62.7. The summed E-state index contributed by atoms with van der Waals surface area (Å²) in [6.07, 6.45) is 3.58. The van der Waals surface area contributed by atoms with Gasteiger partial charge in [0.05, 0.1) is 19.1 Å². The Balaban J connectivity index is 1.55. The summed E-state index contributed by atoms with van der Waals surface area (Å²) in [6, 6.07) is 2.50. The fraction of sp³-hybridized carbons (Fsp3) is 0.606. The maximum Gasteiger partial charge on any atom is 0.326 e. The van der Waals surface area contributed by atoms with Gasteiger partial charge in [-0.05, 0) is 145 Å². The Morgan fingerprint density at radius 1 is 0.491 bits per heavy atom. The monoisotopic (exact) mass is 1530 g/mol. The van der Waals surface area contributed by atoms with E-state index in [1.807, 2.05) is 0 Å². The third-order valence-corrected chi connectivity index (χ3v) is 18.7. The van der Waals surface area contributed by atoms with Gasteiger partial charge in [0.25, 0.3) is 0 Å². The van der Waals surface area contributed by atoms with Crippen molar-refractivity contribution in [2.75, 3.05) is 57.8 Å². The van der Waals surface area contributed by atoms with Gasteiger partial charge in [-0.2, -0.15) is 11.8 Å². The number of primary amides is 2. The highest BCUT2D eigenvalue weighted by atomic mass is 32.2. The Morgan fingerprint density at radius 3 is 1.37 bits per heavy atom. The zero-order chi connectivity index (χ0) is 79.8. The number of carboxylic acids is 1. The summed E-state index contributed by atoms with van der Waals surface area (Å²) < 4.78 is 0. The Kier molecular flexibility index (Phi) is 40.4. The molecule has 4 rings (SSSR count). The van der Waals surface area contributed by atoms with Crippen LogP contribution in [-0.4, -0.2) is 234 Å². The van der Waals surface area contributed by atoms with Crippen LogP contribution in [0, 0.1) is 5.92 Å². The van der Waals surface area contributed by atoms with Gasteiger partial charge < -0.3 is 108 Å². The summed E-state index contributed by atoms with van der Waals surface area (Å²) in [5, 5.41) is 35.5. The molecule has 0 aliphatic carbocycles. The number of aliphatic imine (C=N–C) groups is 1. The normalized spacial score (nSPS) is 16.4. The summed E-state index contributed by atoms with van der Waals surface area (Å²) in [4.78, 5) is 212. The van der Waals surface area contributed by atoms with Crippen molar-refractivity contribution in [3.05, 3.63) is 71.8 Å². The van der Waals surface area contributed by atoms with Crippen LogP contribution in [-0.2, 0) is 84.8 Å². The number of amides is 14. The zero-order valence-electron chi connectivity index (χ0n) is 61.9. The summed E-state index contributed by atoms with van der Waals surface area (Å²) in [7, 11) is 0. The molecule has 598 valence electrons. The Morgan fingerprint density at radius 2 is 0.907 bits per heavy atom. The molecule has 14 amide bonds. The van der Waals surface area contributed by atoms with Crippen molar-refractivity contribution < 1.29 is 77.0 Å². The van der Waals surface area contributed by atoms with Gasteiger partial charge in [-0.25, -0.2) is 4.79 Å². The summed E-state index contributed by atoms with van der Waals surface area (Å²) in [6.45, 7) is 3.37. The van der Waals surface area contributed by atoms with Gasteiger partial charge in [-0.3, -0.25) is 72.1 Å². The molecule has 0 bridgehead atoms. The molecule has 0 saturated carbocycles. The highest BCUT2D eigenvalue weighted by Crippen LogP contribution is 2.24. The second-order valence-corrected chi connectivity index (χ2v) is 28.2. The SMILES string of the molecule is CSCCC(NC(=O)C(CC(C)C)NC(=O)CNC(=O)C(Cc1ccccc1)NC(=O)C(Cc1ccccc1)NC(=O)C(CCC(N)=O)NC(=O)C(CCC(N)=O)NC(=O)C1CCCN1C(=O)C(CCCCN)NC(=O)C1CCCN1C(=O)C(N)CCCN=C(N)N)C(=O)NCC(=O)NC(CCCCN)C(=O)O. The minimum absolute atomic E-state index is 0.0561. The maximum absolute atomic E-state index is 14.8. The highest BCUT2D eigenvalue weighted by molar-refractivity contribution is 7.98. The number of unbranched alkanes of at least 4 members (excludes halogenated alkanes) is 2. The summed E-state index contributed by atoms with van der Waals surface area (Å²) in [5.41, 5.74) is 40.6. The number of hydrogen-bond acceptors (Lipinski definition) is 20. The number of hydrogen-bond donors (Lipinski definition) is 18. The first-order valence-electron chi connectivity index (χ1n) is 36.6. The Bertz CT molecular complexity index is 3370. The number of nitrogens with zero attached hydrogens (tertiary/aromatic N) is 3. The van der Waals surface area contributed by atoms with Gasteiger partial charge in [-0.1, -0.05) is 74.5 Å². The molecule has 11 atom stereocenters. The van der Waals surface area contributed by atoms with Crippen LogP contribution in [0.2, 0.25) is 0 Å². The number of carboxylic acid groups (broad SMARTS) is 1. The number of guanidine groups is 1. The van der Waals surface area contributed by atoms with Gasteiger partial charge in [0, 0.05) is 45.3 Å². The van der Waals surface area contributed by atoms with Crippen molar-refractivity contribution in [3.63, 3.8) is 0 Å². The van der Waals surface area contributed by atoms with Crippen LogP contribution in [0.25, 0.3) is 0 Å². The molecule has 11 unspecified atom stereocenters. The fourth-order valence-corrected chi connectivity index (χ4v) is 12.8. The van der Waals surface area contributed by atoms with Gasteiger partial charge in [0.2, 0.25) is 82.7 Å². The molecule has 0 aromatic heterocycles. The van der Waals surface area contributed by atoms with Crippen molar-refractivity contribution in [2.24, 2.45) is 51.0 Å². The van der Waals surface area contributed by atoms with Gasteiger partial charge in [0.1, 0.15) is 60.4 Å². The van der Waals surface area contributed by atoms with Crippen LogP contribution in [0.1, 0.15) is 141 Å². The number of carbonyl (C=O) groups is 15. The lowest BCUT2D eigenvalue weighted by atomic mass is 10.0. The molecule has 108 heavy (non-hydrogen) atoms. The third-order valence-electron chi connectivity index (χ3n) is 18.0. The van der Waals surface area contributed by atoms with E-state index in [0.29, 0.717) is 68.4 Å². The first-order valence-corrected chi connectivity index (χ1v) is 38.0. The number of nitrogens with two attached hydrogens (primary N) is 7. The molecule has 36 nitrogen and oxygen atoms in total. The third kappa shape index (κ3) is 32.6. The molecule has 2 saturated heterocycles. The molecule has 0 spiro atoms. The molecule has 2 aromatic rings. The molecule has 0 radical (unpaired) electrons. The predicted molar refractivity (Wildman–Crippen MR) is 402 cm³/mol.